The molecule has 4 heterocycles. The van der Waals surface area contributed by atoms with E-state index < -0.39 is 17.8 Å². The second kappa shape index (κ2) is 8.24. The van der Waals surface area contributed by atoms with Crippen LogP contribution >= 0.6 is 0 Å². The van der Waals surface area contributed by atoms with E-state index in [1.54, 1.807) is 10.9 Å². The van der Waals surface area contributed by atoms with Gasteiger partial charge in [0.1, 0.15) is 6.04 Å². The van der Waals surface area contributed by atoms with Gasteiger partial charge < -0.3 is 16.0 Å². The molecule has 0 spiro atoms. The Morgan fingerprint density at radius 2 is 2.03 bits per heavy atom. The highest BCUT2D eigenvalue weighted by Gasteiger charge is 2.34. The molecule has 0 radical (unpaired) electrons. The number of amides is 1. The number of hydrogen-bond acceptors (Lipinski definition) is 7. The number of anilines is 1. The Labute approximate surface area is 191 Å². The molecule has 5 rings (SSSR count). The van der Waals surface area contributed by atoms with Crippen LogP contribution in [0.5, 0.6) is 0 Å². The van der Waals surface area contributed by atoms with E-state index in [1.807, 2.05) is 13.8 Å². The zero-order valence-corrected chi connectivity index (χ0v) is 18.4. The number of alkyl halides is 3. The van der Waals surface area contributed by atoms with Gasteiger partial charge in [0.25, 0.3) is 0 Å². The highest BCUT2D eigenvalue weighted by molar-refractivity contribution is 5.95. The fourth-order valence-corrected chi connectivity index (χ4v) is 3.98. The van der Waals surface area contributed by atoms with E-state index in [2.05, 4.69) is 36.1 Å². The van der Waals surface area contributed by atoms with Crippen LogP contribution in [-0.2, 0) is 17.5 Å². The first-order chi connectivity index (χ1) is 16.3. The number of aryl methyl sites for hydroxylation is 2. The molecule has 1 amide bonds. The summed E-state index contributed by atoms with van der Waals surface area (Å²) in [6, 6.07) is 3.06. The number of aromatic nitrogens is 6. The molecule has 4 aromatic rings. The van der Waals surface area contributed by atoms with Gasteiger partial charge in [-0.1, -0.05) is 6.07 Å². The summed E-state index contributed by atoms with van der Waals surface area (Å²) < 4.78 is 44.5. The van der Waals surface area contributed by atoms with Crippen molar-refractivity contribution in [2.24, 2.45) is 0 Å². The van der Waals surface area contributed by atoms with Crippen molar-refractivity contribution in [2.75, 3.05) is 25.0 Å². The molecule has 1 saturated heterocycles. The van der Waals surface area contributed by atoms with Crippen molar-refractivity contribution in [3.8, 4) is 11.4 Å². The molecule has 1 aliphatic heterocycles. The Balaban J connectivity index is 1.74. The molecule has 1 fully saturated rings. The van der Waals surface area contributed by atoms with Crippen LogP contribution in [0.1, 0.15) is 18.2 Å². The molecular weight excluding hydrogens is 451 g/mol. The zero-order chi connectivity index (χ0) is 24.0. The smallest absolute Gasteiger partial charge is 0.353 e. The van der Waals surface area contributed by atoms with Crippen LogP contribution in [-0.4, -0.2) is 60.9 Å². The highest BCUT2D eigenvalue weighted by Crippen LogP contribution is 2.36. The van der Waals surface area contributed by atoms with Crippen LogP contribution in [0.2, 0.25) is 0 Å². The third kappa shape index (κ3) is 3.81. The van der Waals surface area contributed by atoms with Crippen molar-refractivity contribution in [1.82, 2.24) is 40.0 Å². The number of carbonyl (C=O) groups is 1. The van der Waals surface area contributed by atoms with Gasteiger partial charge in [0.15, 0.2) is 11.5 Å². The maximum absolute atomic E-state index is 13.8. The molecule has 34 heavy (non-hydrogen) atoms. The number of carbonyl (C=O) groups excluding carboxylic acids is 1. The molecule has 3 N–H and O–H groups in total. The average molecular weight is 473 g/mol. The number of halogens is 3. The Kier molecular flexibility index (Phi) is 5.35. The van der Waals surface area contributed by atoms with Gasteiger partial charge in [0.2, 0.25) is 11.9 Å². The number of fused-ring (bicyclic) bond motifs is 3. The number of para-hydroxylation sites is 1. The van der Waals surface area contributed by atoms with E-state index in [0.717, 1.165) is 6.07 Å². The molecule has 0 unspecified atom stereocenters. The van der Waals surface area contributed by atoms with Crippen molar-refractivity contribution in [2.45, 2.75) is 32.6 Å². The van der Waals surface area contributed by atoms with Crippen molar-refractivity contribution in [3.05, 3.63) is 35.7 Å². The summed E-state index contributed by atoms with van der Waals surface area (Å²) in [5.74, 6) is 0.00213. The zero-order valence-electron chi connectivity index (χ0n) is 18.4. The minimum absolute atomic E-state index is 0.0117. The van der Waals surface area contributed by atoms with Gasteiger partial charge >= 0.3 is 6.18 Å². The first-order valence-corrected chi connectivity index (χ1v) is 10.8. The van der Waals surface area contributed by atoms with Gasteiger partial charge in [0, 0.05) is 37.8 Å². The van der Waals surface area contributed by atoms with Crippen molar-refractivity contribution in [1.29, 1.82) is 0 Å². The first-order valence-electron chi connectivity index (χ1n) is 10.8. The summed E-state index contributed by atoms with van der Waals surface area (Å²) >= 11 is 0. The Morgan fingerprint density at radius 3 is 2.76 bits per heavy atom. The van der Waals surface area contributed by atoms with E-state index in [4.69, 9.17) is 0 Å². The first kappa shape index (κ1) is 22.1. The number of benzene rings is 1. The molecular formula is C21H22F3N9O. The lowest BCUT2D eigenvalue weighted by atomic mass is 10.1. The van der Waals surface area contributed by atoms with Gasteiger partial charge in [-0.05, 0) is 26.0 Å². The van der Waals surface area contributed by atoms with Crippen LogP contribution in [0.3, 0.4) is 0 Å². The monoisotopic (exact) mass is 473 g/mol. The molecule has 1 aromatic carbocycles. The summed E-state index contributed by atoms with van der Waals surface area (Å²) in [7, 11) is 0. The second-order valence-electron chi connectivity index (χ2n) is 7.98. The summed E-state index contributed by atoms with van der Waals surface area (Å²) in [5, 5.41) is 18.0. The summed E-state index contributed by atoms with van der Waals surface area (Å²) in [4.78, 5) is 21.3. The van der Waals surface area contributed by atoms with Gasteiger partial charge in [-0.25, -0.2) is 9.97 Å². The van der Waals surface area contributed by atoms with Gasteiger partial charge in [-0.15, -0.1) is 5.10 Å². The minimum Gasteiger partial charge on any atom is -0.353 e. The van der Waals surface area contributed by atoms with E-state index in [1.165, 1.54) is 16.6 Å². The normalized spacial score (nSPS) is 17.2. The summed E-state index contributed by atoms with van der Waals surface area (Å²) in [6.07, 6.45) is -2.83. The maximum atomic E-state index is 13.8. The third-order valence-corrected chi connectivity index (χ3v) is 5.69. The van der Waals surface area contributed by atoms with Crippen LogP contribution in [0.4, 0.5) is 19.1 Å². The molecule has 0 bridgehead atoms. The Hall–Kier alpha value is -3.74. The number of rotatable bonds is 4. The predicted molar refractivity (Wildman–Crippen MR) is 118 cm³/mol. The van der Waals surface area contributed by atoms with Gasteiger partial charge in [-0.2, -0.15) is 22.8 Å². The quantitative estimate of drug-likeness (QED) is 0.415. The largest absolute Gasteiger partial charge is 0.418 e. The molecule has 1 aliphatic rings. The molecule has 13 heteroatoms. The predicted octanol–water partition coefficient (Wildman–Crippen LogP) is 1.99. The molecule has 178 valence electrons. The van der Waals surface area contributed by atoms with Crippen molar-refractivity contribution in [3.63, 3.8) is 0 Å². The molecule has 10 nitrogen and oxygen atoms in total. The lowest BCUT2D eigenvalue weighted by Gasteiger charge is -2.17. The topological polar surface area (TPSA) is 114 Å². The van der Waals surface area contributed by atoms with E-state index in [-0.39, 0.29) is 35.0 Å². The second-order valence-corrected chi connectivity index (χ2v) is 7.98. The number of hydrogen-bond donors (Lipinski definition) is 3. The lowest BCUT2D eigenvalue weighted by Crippen LogP contribution is -2.42. The van der Waals surface area contributed by atoms with Crippen LogP contribution in [0.25, 0.3) is 27.9 Å². The molecule has 1 atom stereocenters. The fourth-order valence-electron chi connectivity index (χ4n) is 3.98. The molecule has 0 saturated carbocycles. The molecule has 0 aliphatic carbocycles. The van der Waals surface area contributed by atoms with Crippen LogP contribution in [0.15, 0.2) is 24.4 Å². The number of nitrogens with zero attached hydrogens (tertiary/aromatic N) is 6. The highest BCUT2D eigenvalue weighted by atomic mass is 19.4. The van der Waals surface area contributed by atoms with Crippen LogP contribution in [0, 0.1) is 6.92 Å². The lowest BCUT2D eigenvalue weighted by molar-refractivity contribution is -0.136. The van der Waals surface area contributed by atoms with Gasteiger partial charge in [-0.3, -0.25) is 9.48 Å². The standard InChI is InChI=1S/C21H22F3N9O/c1-3-32-10-13(11(2)30-32)17-29-18-12-5-4-6-14(21(22,23)24)16(12)28-20(33(18)31-17)27-15-9-25-7-8-26-19(15)34/h4-6,10,15,25H,3,7-9H2,1-2H3,(H,26,34)(H,27,28)/t15-/m1/s1. The van der Waals surface area contributed by atoms with E-state index in [9.17, 15) is 18.0 Å². The third-order valence-electron chi connectivity index (χ3n) is 5.69. The SMILES string of the molecule is CCn1cc(-c2nc3c4cccc(C(F)(F)F)c4nc(N[C@@H]4CNCCNC4=O)n3n2)c(C)n1. The Morgan fingerprint density at radius 1 is 1.21 bits per heavy atom. The average Bonchev–Trinajstić information content (AvgIpc) is 3.34. The number of nitrogens with one attached hydrogen (secondary N) is 3. The summed E-state index contributed by atoms with van der Waals surface area (Å²) in [5.41, 5.74) is 0.378. The van der Waals surface area contributed by atoms with Crippen molar-refractivity contribution < 1.29 is 18.0 Å². The van der Waals surface area contributed by atoms with Gasteiger partial charge in [0.05, 0.1) is 22.3 Å². The van der Waals surface area contributed by atoms with E-state index >= 15 is 0 Å². The Bertz CT molecular complexity index is 1390. The molecule has 3 aromatic heterocycles. The fraction of sp³-hybridized carbons (Fsp3) is 0.381. The maximum Gasteiger partial charge on any atom is 0.418 e. The minimum atomic E-state index is -4.62. The van der Waals surface area contributed by atoms with E-state index in [0.29, 0.717) is 36.7 Å². The van der Waals surface area contributed by atoms with Crippen LogP contribution < -0.4 is 16.0 Å². The van der Waals surface area contributed by atoms with Crippen molar-refractivity contribution >= 4 is 28.4 Å². The summed E-state index contributed by atoms with van der Waals surface area (Å²) in [6.45, 7) is 5.70.